The van der Waals surface area contributed by atoms with Gasteiger partial charge < -0.3 is 9.31 Å². The molecule has 2 aliphatic rings. The van der Waals surface area contributed by atoms with Crippen LogP contribution in [0.4, 0.5) is 13.2 Å². The molecule has 0 aromatic carbocycles. The van der Waals surface area contributed by atoms with Gasteiger partial charge in [0.25, 0.3) is 0 Å². The smallest absolute Gasteiger partial charge is 0.398 e. The highest BCUT2D eigenvalue weighted by Gasteiger charge is 2.57. The van der Waals surface area contributed by atoms with E-state index >= 15 is 0 Å². The number of terminal acetylenes is 1. The molecule has 21 heavy (non-hydrogen) atoms. The van der Waals surface area contributed by atoms with Gasteiger partial charge in [-0.25, -0.2) is 13.2 Å². The van der Waals surface area contributed by atoms with Gasteiger partial charge in [-0.2, -0.15) is 0 Å². The number of rotatable bonds is 3. The highest BCUT2D eigenvalue weighted by atomic mass is 19.3. The molecule has 0 amide bonds. The number of alkyl halides is 2. The molecule has 0 bridgehead atoms. The molecule has 1 saturated heterocycles. The molecule has 2 fully saturated rings. The molecule has 2 rings (SSSR count). The second-order valence-corrected chi connectivity index (χ2v) is 7.07. The summed E-state index contributed by atoms with van der Waals surface area (Å²) in [4.78, 5) is 0. The Kier molecular flexibility index (Phi) is 3.75. The van der Waals surface area contributed by atoms with E-state index in [2.05, 4.69) is 5.92 Å². The predicted molar refractivity (Wildman–Crippen MR) is 75.3 cm³/mol. The molecule has 1 saturated carbocycles. The first-order chi connectivity index (χ1) is 9.42. The molecular weight excluding hydrogens is 280 g/mol. The highest BCUT2D eigenvalue weighted by molar-refractivity contribution is 6.53. The van der Waals surface area contributed by atoms with Gasteiger partial charge in [-0.1, -0.05) is 0 Å². The number of hydrogen-bond donors (Lipinski definition) is 0. The van der Waals surface area contributed by atoms with Crippen LogP contribution in [0, 0.1) is 17.8 Å². The second-order valence-electron chi connectivity index (χ2n) is 7.07. The van der Waals surface area contributed by atoms with Crippen molar-refractivity contribution in [3.8, 4) is 12.3 Å². The normalized spacial score (nSPS) is 28.9. The number of halogens is 3. The molecule has 116 valence electrons. The third-order valence-electron chi connectivity index (χ3n) is 4.60. The van der Waals surface area contributed by atoms with E-state index < -0.39 is 48.2 Å². The number of allylic oxidation sites excluding steroid dienone is 1. The zero-order chi connectivity index (χ0) is 16.1. The maximum Gasteiger partial charge on any atom is 0.524 e. The van der Waals surface area contributed by atoms with Gasteiger partial charge in [0.2, 0.25) is 5.92 Å². The van der Waals surface area contributed by atoms with Crippen LogP contribution in [0.15, 0.2) is 11.8 Å². The van der Waals surface area contributed by atoms with E-state index in [1.807, 2.05) is 0 Å². The topological polar surface area (TPSA) is 18.5 Å². The maximum atomic E-state index is 14.4. The van der Waals surface area contributed by atoms with Crippen LogP contribution in [0.25, 0.3) is 0 Å². The van der Waals surface area contributed by atoms with Crippen molar-refractivity contribution < 1.29 is 22.5 Å². The van der Waals surface area contributed by atoms with Crippen molar-refractivity contribution in [3.05, 3.63) is 11.8 Å². The molecule has 0 aromatic rings. The van der Waals surface area contributed by atoms with Crippen molar-refractivity contribution in [1.29, 1.82) is 0 Å². The Balaban J connectivity index is 2.17. The second kappa shape index (κ2) is 4.79. The summed E-state index contributed by atoms with van der Waals surface area (Å²) in [5.41, 5.74) is -3.03. The first-order valence-electron chi connectivity index (χ1n) is 6.97. The molecule has 0 N–H and O–H groups in total. The van der Waals surface area contributed by atoms with E-state index in [-0.39, 0.29) is 6.42 Å². The Hall–Kier alpha value is -0.925. The molecule has 0 radical (unpaired) electrons. The quantitative estimate of drug-likeness (QED) is 0.581. The van der Waals surface area contributed by atoms with Crippen LogP contribution in [0.5, 0.6) is 0 Å². The minimum atomic E-state index is -2.77. The van der Waals surface area contributed by atoms with Crippen LogP contribution in [0.2, 0.25) is 0 Å². The van der Waals surface area contributed by atoms with E-state index in [1.165, 1.54) is 6.08 Å². The summed E-state index contributed by atoms with van der Waals surface area (Å²) < 4.78 is 51.8. The fourth-order valence-electron chi connectivity index (χ4n) is 2.78. The number of hydrogen-bond acceptors (Lipinski definition) is 2. The average Bonchev–Trinajstić information content (AvgIpc) is 2.45. The summed E-state index contributed by atoms with van der Waals surface area (Å²) in [5.74, 6) is -0.424. The summed E-state index contributed by atoms with van der Waals surface area (Å²) in [5, 5.41) is 0. The lowest BCUT2D eigenvalue weighted by Crippen LogP contribution is -2.45. The van der Waals surface area contributed by atoms with E-state index in [9.17, 15) is 13.2 Å². The molecule has 1 heterocycles. The van der Waals surface area contributed by atoms with E-state index in [0.29, 0.717) is 0 Å². The van der Waals surface area contributed by atoms with Crippen molar-refractivity contribution in [2.75, 3.05) is 0 Å². The molecule has 0 atom stereocenters. The molecule has 0 aromatic heterocycles. The largest absolute Gasteiger partial charge is 0.524 e. The fraction of sp³-hybridized carbons (Fsp3) is 0.733. The van der Waals surface area contributed by atoms with Crippen molar-refractivity contribution in [2.24, 2.45) is 5.41 Å². The van der Waals surface area contributed by atoms with Crippen molar-refractivity contribution in [2.45, 2.75) is 64.1 Å². The van der Waals surface area contributed by atoms with Gasteiger partial charge in [0.1, 0.15) is 5.73 Å². The Morgan fingerprint density at radius 1 is 1.19 bits per heavy atom. The van der Waals surface area contributed by atoms with E-state index in [1.54, 1.807) is 27.7 Å². The monoisotopic (exact) mass is 300 g/mol. The summed E-state index contributed by atoms with van der Waals surface area (Å²) in [6.07, 6.45) is 5.60. The third kappa shape index (κ3) is 3.00. The Morgan fingerprint density at radius 2 is 1.67 bits per heavy atom. The van der Waals surface area contributed by atoms with Crippen LogP contribution in [-0.4, -0.2) is 24.2 Å². The van der Waals surface area contributed by atoms with E-state index in [4.69, 9.17) is 15.7 Å². The minimum absolute atomic E-state index is 0.0789. The van der Waals surface area contributed by atoms with Gasteiger partial charge in [-0.3, -0.25) is 0 Å². The van der Waals surface area contributed by atoms with E-state index in [0.717, 1.165) is 0 Å². The van der Waals surface area contributed by atoms with Gasteiger partial charge >= 0.3 is 7.12 Å². The highest BCUT2D eigenvalue weighted by Crippen LogP contribution is 2.55. The molecular formula is C15H20BF3O2. The molecule has 1 aliphatic heterocycles. The molecule has 1 aliphatic carbocycles. The van der Waals surface area contributed by atoms with Crippen LogP contribution in [0.1, 0.15) is 47.0 Å². The Morgan fingerprint density at radius 3 is 2.05 bits per heavy atom. The summed E-state index contributed by atoms with van der Waals surface area (Å²) in [6.45, 7) is 7.20. The SMILES string of the molecule is C#CCC1(C=C(F)B2OC(C)(C)C(C)(C)O2)CC(F)(F)C1. The lowest BCUT2D eigenvalue weighted by molar-refractivity contribution is -0.139. The average molecular weight is 300 g/mol. The van der Waals surface area contributed by atoms with Crippen LogP contribution in [0.3, 0.4) is 0 Å². The van der Waals surface area contributed by atoms with Crippen molar-refractivity contribution in [3.63, 3.8) is 0 Å². The lowest BCUT2D eigenvalue weighted by atomic mass is 9.62. The minimum Gasteiger partial charge on any atom is -0.398 e. The standard InChI is InChI=1S/C15H20BF3O2/c1-6-7-14(9-15(18,19)10-14)8-11(17)16-20-12(2,3)13(4,5)21-16/h1,8H,7,9-10H2,2-5H3. The van der Waals surface area contributed by atoms with Gasteiger partial charge in [0, 0.05) is 24.7 Å². The van der Waals surface area contributed by atoms with Gasteiger partial charge in [-0.15, -0.1) is 12.3 Å². The van der Waals surface area contributed by atoms with Gasteiger partial charge in [0.15, 0.2) is 0 Å². The van der Waals surface area contributed by atoms with Crippen LogP contribution < -0.4 is 0 Å². The van der Waals surface area contributed by atoms with Gasteiger partial charge in [-0.05, 0) is 33.8 Å². The first kappa shape index (κ1) is 16.4. The molecule has 6 heteroatoms. The zero-order valence-electron chi connectivity index (χ0n) is 12.8. The zero-order valence-corrected chi connectivity index (χ0v) is 12.8. The molecule has 0 spiro atoms. The summed E-state index contributed by atoms with van der Waals surface area (Å²) in [7, 11) is -1.17. The summed E-state index contributed by atoms with van der Waals surface area (Å²) in [6, 6.07) is 0. The molecule has 2 nitrogen and oxygen atoms in total. The third-order valence-corrected chi connectivity index (χ3v) is 4.60. The van der Waals surface area contributed by atoms with Gasteiger partial charge in [0.05, 0.1) is 11.2 Å². The first-order valence-corrected chi connectivity index (χ1v) is 6.97. The van der Waals surface area contributed by atoms with Crippen molar-refractivity contribution in [1.82, 2.24) is 0 Å². The maximum absolute atomic E-state index is 14.4. The summed E-state index contributed by atoms with van der Waals surface area (Å²) >= 11 is 0. The Labute approximate surface area is 124 Å². The lowest BCUT2D eigenvalue weighted by Gasteiger charge is -2.44. The van der Waals surface area contributed by atoms with Crippen LogP contribution in [-0.2, 0) is 9.31 Å². The van der Waals surface area contributed by atoms with Crippen molar-refractivity contribution >= 4 is 7.12 Å². The van der Waals surface area contributed by atoms with Crippen LogP contribution >= 0.6 is 0 Å². The Bertz CT molecular complexity index is 482. The molecule has 0 unspecified atom stereocenters. The fourth-order valence-corrected chi connectivity index (χ4v) is 2.78. The predicted octanol–water partition coefficient (Wildman–Crippen LogP) is 3.91.